The van der Waals surface area contributed by atoms with Crippen LogP contribution in [0, 0.1) is 5.92 Å². The Bertz CT molecular complexity index is 70.8. The Labute approximate surface area is 61.8 Å². The lowest BCUT2D eigenvalue weighted by molar-refractivity contribution is 0.184. The lowest BCUT2D eigenvalue weighted by Crippen LogP contribution is -2.23. The Balaban J connectivity index is 3.71. The zero-order valence-corrected chi connectivity index (χ0v) is 7.08. The van der Waals surface area contributed by atoms with E-state index < -0.39 is 10.4 Å². The Morgan fingerprint density at radius 2 is 2.00 bits per heavy atom. The first kappa shape index (κ1) is 8.59. The fourth-order valence-corrected chi connectivity index (χ4v) is 0.154. The van der Waals surface area contributed by atoms with E-state index in [-0.39, 0.29) is 5.92 Å². The van der Waals surface area contributed by atoms with E-state index in [1.54, 1.807) is 13.8 Å². The summed E-state index contributed by atoms with van der Waals surface area (Å²) in [6.07, 6.45) is 0. The van der Waals surface area contributed by atoms with Crippen molar-refractivity contribution in [1.82, 2.24) is 0 Å². The van der Waals surface area contributed by atoms with E-state index in [4.69, 9.17) is 0 Å². The smallest absolute Gasteiger partial charge is 0.191 e. The van der Waals surface area contributed by atoms with Gasteiger partial charge in [0.25, 0.3) is 0 Å². The zero-order chi connectivity index (χ0) is 6.78. The van der Waals surface area contributed by atoms with Gasteiger partial charge >= 0.3 is 0 Å². The van der Waals surface area contributed by atoms with Gasteiger partial charge in [-0.05, 0) is 28.5 Å². The zero-order valence-electron chi connectivity index (χ0n) is 4.92. The number of rotatable bonds is 2. The average Bonchev–Trinajstić information content (AvgIpc) is 1.67. The van der Waals surface area contributed by atoms with Crippen LogP contribution in [-0.2, 0) is 0 Å². The van der Waals surface area contributed by atoms with Crippen LogP contribution >= 0.6 is 22.6 Å². The number of halogens is 3. The van der Waals surface area contributed by atoms with Crippen LogP contribution in [0.25, 0.3) is 0 Å². The van der Waals surface area contributed by atoms with Crippen molar-refractivity contribution < 1.29 is 8.78 Å². The summed E-state index contributed by atoms with van der Waals surface area (Å²) in [6.45, 7) is 2.42. The normalized spacial score (nSPS) is 18.8. The molecule has 0 aliphatic rings. The van der Waals surface area contributed by atoms with Gasteiger partial charge in [-0.25, -0.2) is 8.78 Å². The third-order valence-corrected chi connectivity index (χ3v) is 2.56. The van der Waals surface area contributed by atoms with Gasteiger partial charge in [0.15, 0.2) is 3.68 Å². The Morgan fingerprint density at radius 1 is 1.62 bits per heavy atom. The second kappa shape index (κ2) is 2.94. The van der Waals surface area contributed by atoms with Crippen LogP contribution in [0.3, 0.4) is 0 Å². The molecule has 0 rings (SSSR count). The Morgan fingerprint density at radius 3 is 2.00 bits per heavy atom. The molecule has 0 nitrogen and oxygen atoms in total. The molecule has 0 saturated heterocycles. The predicted molar refractivity (Wildman–Crippen MR) is 38.7 cm³/mol. The molecular weight excluding hydrogens is 225 g/mol. The minimum atomic E-state index is -1.66. The van der Waals surface area contributed by atoms with Crippen molar-refractivity contribution in [2.45, 2.75) is 17.5 Å². The second-order valence-corrected chi connectivity index (χ2v) is 3.84. The summed E-state index contributed by atoms with van der Waals surface area (Å²) < 4.78 is 22.5. The largest absolute Gasteiger partial charge is 0.247 e. The summed E-state index contributed by atoms with van der Waals surface area (Å²) in [7, 11) is 0. The first-order valence-corrected chi connectivity index (χ1v) is 3.52. The molecule has 0 aromatic heterocycles. The molecule has 0 saturated carbocycles. The summed E-state index contributed by atoms with van der Waals surface area (Å²) in [5.74, 6) is -0.243. The molecule has 0 fully saturated rings. The van der Waals surface area contributed by atoms with E-state index in [0.717, 1.165) is 0 Å². The van der Waals surface area contributed by atoms with Crippen LogP contribution < -0.4 is 0 Å². The van der Waals surface area contributed by atoms with Gasteiger partial charge in [-0.2, -0.15) is 0 Å². The molecule has 3 heteroatoms. The second-order valence-electron chi connectivity index (χ2n) is 2.05. The SMILES string of the molecule is CC(C)C(F)(I)CF. The number of hydrogen-bond acceptors (Lipinski definition) is 0. The molecule has 0 aliphatic carbocycles. The summed E-state index contributed by atoms with van der Waals surface area (Å²) in [5.41, 5.74) is 0. The van der Waals surface area contributed by atoms with E-state index in [2.05, 4.69) is 0 Å². The molecule has 0 radical (unpaired) electrons. The van der Waals surface area contributed by atoms with E-state index >= 15 is 0 Å². The van der Waals surface area contributed by atoms with E-state index in [9.17, 15) is 8.78 Å². The molecule has 8 heavy (non-hydrogen) atoms. The lowest BCUT2D eigenvalue weighted by atomic mass is 10.1. The first-order valence-electron chi connectivity index (χ1n) is 2.44. The van der Waals surface area contributed by atoms with Gasteiger partial charge in [0.05, 0.1) is 0 Å². The van der Waals surface area contributed by atoms with Gasteiger partial charge in [0.1, 0.15) is 6.67 Å². The molecule has 50 valence electrons. The van der Waals surface area contributed by atoms with Crippen molar-refractivity contribution in [3.8, 4) is 0 Å². The van der Waals surface area contributed by atoms with Crippen molar-refractivity contribution in [2.75, 3.05) is 6.67 Å². The Kier molecular flexibility index (Phi) is 3.16. The summed E-state index contributed by atoms with van der Waals surface area (Å²) in [5, 5.41) is 0. The first-order chi connectivity index (χ1) is 3.50. The standard InChI is InChI=1S/C5H9F2I/c1-4(2)5(7,8)3-6/h4H,3H2,1-2H3. The molecule has 1 atom stereocenters. The van der Waals surface area contributed by atoms with Crippen LogP contribution in [0.2, 0.25) is 0 Å². The topological polar surface area (TPSA) is 0 Å². The minimum absolute atomic E-state index is 0.243. The molecule has 0 aromatic carbocycles. The monoisotopic (exact) mass is 234 g/mol. The highest BCUT2D eigenvalue weighted by atomic mass is 127. The van der Waals surface area contributed by atoms with E-state index in [1.807, 2.05) is 0 Å². The quantitative estimate of drug-likeness (QED) is 0.509. The van der Waals surface area contributed by atoms with Crippen LogP contribution in [0.4, 0.5) is 8.78 Å². The van der Waals surface area contributed by atoms with E-state index in [0.29, 0.717) is 0 Å². The maximum atomic E-state index is 12.6. The van der Waals surface area contributed by atoms with Crippen LogP contribution in [0.15, 0.2) is 0 Å². The van der Waals surface area contributed by atoms with Crippen molar-refractivity contribution in [3.05, 3.63) is 0 Å². The van der Waals surface area contributed by atoms with Crippen molar-refractivity contribution in [2.24, 2.45) is 5.92 Å². The summed E-state index contributed by atoms with van der Waals surface area (Å²) >= 11 is 1.49. The molecule has 1 unspecified atom stereocenters. The summed E-state index contributed by atoms with van der Waals surface area (Å²) in [4.78, 5) is 0. The molecule has 0 bridgehead atoms. The highest BCUT2D eigenvalue weighted by Gasteiger charge is 2.29. The van der Waals surface area contributed by atoms with Crippen LogP contribution in [-0.4, -0.2) is 10.4 Å². The van der Waals surface area contributed by atoms with Crippen LogP contribution in [0.1, 0.15) is 13.8 Å². The van der Waals surface area contributed by atoms with Gasteiger partial charge in [-0.3, -0.25) is 0 Å². The molecule has 0 aromatic rings. The highest BCUT2D eigenvalue weighted by Crippen LogP contribution is 2.29. The molecule has 0 amide bonds. The predicted octanol–water partition coefficient (Wildman–Crippen LogP) is 2.71. The molecule has 0 heterocycles. The van der Waals surface area contributed by atoms with Crippen molar-refractivity contribution in [1.29, 1.82) is 0 Å². The molecular formula is C5H9F2I. The Hall–Kier alpha value is 0.590. The third-order valence-electron chi connectivity index (χ3n) is 1.02. The molecule has 0 N–H and O–H groups in total. The van der Waals surface area contributed by atoms with Crippen LogP contribution in [0.5, 0.6) is 0 Å². The maximum absolute atomic E-state index is 12.6. The molecule has 0 spiro atoms. The van der Waals surface area contributed by atoms with Crippen molar-refractivity contribution in [3.63, 3.8) is 0 Å². The van der Waals surface area contributed by atoms with Crippen molar-refractivity contribution >= 4 is 22.6 Å². The summed E-state index contributed by atoms with van der Waals surface area (Å²) in [6, 6.07) is 0. The lowest BCUT2D eigenvalue weighted by Gasteiger charge is -2.17. The van der Waals surface area contributed by atoms with Gasteiger partial charge in [-0.1, -0.05) is 13.8 Å². The minimum Gasteiger partial charge on any atom is -0.247 e. The third kappa shape index (κ3) is 2.24. The number of alkyl halides is 3. The van der Waals surface area contributed by atoms with Gasteiger partial charge in [0, 0.05) is 0 Å². The fraction of sp³-hybridized carbons (Fsp3) is 1.00. The maximum Gasteiger partial charge on any atom is 0.191 e. The number of hydrogen-bond donors (Lipinski definition) is 0. The van der Waals surface area contributed by atoms with Gasteiger partial charge < -0.3 is 0 Å². The van der Waals surface area contributed by atoms with E-state index in [1.165, 1.54) is 22.6 Å². The van der Waals surface area contributed by atoms with Gasteiger partial charge in [-0.15, -0.1) is 0 Å². The van der Waals surface area contributed by atoms with Gasteiger partial charge in [0.2, 0.25) is 0 Å². The highest BCUT2D eigenvalue weighted by molar-refractivity contribution is 14.1. The molecule has 0 aliphatic heterocycles. The fourth-order valence-electron chi connectivity index (χ4n) is 0.154. The average molecular weight is 234 g/mol.